The van der Waals surface area contributed by atoms with E-state index in [0.717, 1.165) is 37.4 Å². The molecule has 0 unspecified atom stereocenters. The molecule has 2 N–H and O–H groups in total. The second kappa shape index (κ2) is 8.91. The van der Waals surface area contributed by atoms with Crippen LogP contribution in [0.3, 0.4) is 0 Å². The number of fused-ring (bicyclic) bond motifs is 4. The van der Waals surface area contributed by atoms with Crippen LogP contribution in [-0.2, 0) is 19.6 Å². The van der Waals surface area contributed by atoms with Crippen molar-refractivity contribution in [3.63, 3.8) is 0 Å². The van der Waals surface area contributed by atoms with E-state index in [-0.39, 0.29) is 41.8 Å². The Bertz CT molecular complexity index is 864. The molecule has 27 heavy (non-hydrogen) atoms. The molecule has 1 amide bonds. The van der Waals surface area contributed by atoms with Gasteiger partial charge < -0.3 is 19.8 Å². The number of aryl methyl sites for hydroxylation is 1. The molecule has 148 valence electrons. The van der Waals surface area contributed by atoms with Gasteiger partial charge in [0.15, 0.2) is 0 Å². The van der Waals surface area contributed by atoms with Crippen LogP contribution >= 0.6 is 24.8 Å². The lowest BCUT2D eigenvalue weighted by atomic mass is 9.84. The lowest BCUT2D eigenvalue weighted by molar-refractivity contribution is 0.0947. The van der Waals surface area contributed by atoms with Gasteiger partial charge in [0, 0.05) is 37.4 Å². The average Bonchev–Trinajstić information content (AvgIpc) is 3.09. The highest BCUT2D eigenvalue weighted by Gasteiger charge is 2.31. The van der Waals surface area contributed by atoms with Crippen LogP contribution in [0, 0.1) is 5.92 Å². The molecule has 1 saturated heterocycles. The van der Waals surface area contributed by atoms with E-state index < -0.39 is 0 Å². The number of rotatable bonds is 4. The Hall–Kier alpha value is -1.83. The maximum atomic E-state index is 12.8. The van der Waals surface area contributed by atoms with Crippen LogP contribution in [0.15, 0.2) is 29.5 Å². The Morgan fingerprint density at radius 3 is 2.89 bits per heavy atom. The van der Waals surface area contributed by atoms with Crippen molar-refractivity contribution in [1.29, 1.82) is 0 Å². The Labute approximate surface area is 170 Å². The lowest BCUT2D eigenvalue weighted by Crippen LogP contribution is -2.46. The van der Waals surface area contributed by atoms with E-state index in [1.807, 2.05) is 23.8 Å². The van der Waals surface area contributed by atoms with Gasteiger partial charge >= 0.3 is 0 Å². The van der Waals surface area contributed by atoms with Crippen LogP contribution in [0.4, 0.5) is 0 Å². The van der Waals surface area contributed by atoms with E-state index in [2.05, 4.69) is 15.6 Å². The minimum absolute atomic E-state index is 0. The predicted molar refractivity (Wildman–Crippen MR) is 108 cm³/mol. The monoisotopic (exact) mass is 413 g/mol. The Kier molecular flexibility index (Phi) is 7.08. The summed E-state index contributed by atoms with van der Waals surface area (Å²) in [6.07, 6.45) is 4.76. The minimum atomic E-state index is -0.333. The third kappa shape index (κ3) is 4.20. The molecule has 2 aromatic rings. The molecule has 2 aliphatic heterocycles. The Balaban J connectivity index is 0.00000131. The first-order valence-corrected chi connectivity index (χ1v) is 8.89. The van der Waals surface area contributed by atoms with Gasteiger partial charge in [0.25, 0.3) is 11.5 Å². The average molecular weight is 414 g/mol. The van der Waals surface area contributed by atoms with E-state index in [9.17, 15) is 9.59 Å². The molecular weight excluding hydrogens is 389 g/mol. The molecule has 7 nitrogen and oxygen atoms in total. The summed E-state index contributed by atoms with van der Waals surface area (Å²) in [5.74, 6) is 0.510. The summed E-state index contributed by atoms with van der Waals surface area (Å²) < 4.78 is 3.75. The smallest absolute Gasteiger partial charge is 0.263 e. The molecule has 9 heteroatoms. The number of nitrogens with zero attached hydrogens (tertiary/aromatic N) is 3. The maximum Gasteiger partial charge on any atom is 0.263 e. The van der Waals surface area contributed by atoms with Crippen molar-refractivity contribution in [1.82, 2.24) is 24.8 Å². The fourth-order valence-corrected chi connectivity index (χ4v) is 3.90. The lowest BCUT2D eigenvalue weighted by Gasteiger charge is -2.37. The third-order valence-corrected chi connectivity index (χ3v) is 5.24. The number of carbonyl (C=O) groups is 1. The van der Waals surface area contributed by atoms with E-state index in [4.69, 9.17) is 0 Å². The van der Waals surface area contributed by atoms with E-state index in [0.29, 0.717) is 24.9 Å². The number of carbonyl (C=O) groups excluding carboxylic acids is 1. The van der Waals surface area contributed by atoms with Crippen molar-refractivity contribution in [2.45, 2.75) is 38.9 Å². The van der Waals surface area contributed by atoms with Crippen molar-refractivity contribution in [3.05, 3.63) is 52.0 Å². The summed E-state index contributed by atoms with van der Waals surface area (Å²) in [6, 6.07) is 3.61. The normalized spacial score (nSPS) is 20.0. The second-order valence-corrected chi connectivity index (χ2v) is 6.92. The van der Waals surface area contributed by atoms with Gasteiger partial charge in [-0.05, 0) is 37.9 Å². The molecule has 0 radical (unpaired) electrons. The topological polar surface area (TPSA) is 81.0 Å². The first-order chi connectivity index (χ1) is 12.2. The molecule has 4 rings (SSSR count). The van der Waals surface area contributed by atoms with E-state index in [1.54, 1.807) is 17.0 Å². The van der Waals surface area contributed by atoms with Gasteiger partial charge in [0.1, 0.15) is 5.56 Å². The molecule has 1 fully saturated rings. The van der Waals surface area contributed by atoms with Gasteiger partial charge in [-0.15, -0.1) is 24.8 Å². The highest BCUT2D eigenvalue weighted by molar-refractivity contribution is 5.93. The van der Waals surface area contributed by atoms with Crippen LogP contribution in [0.5, 0.6) is 0 Å². The van der Waals surface area contributed by atoms with Crippen molar-refractivity contribution >= 4 is 30.7 Å². The highest BCUT2D eigenvalue weighted by Crippen LogP contribution is 2.31. The number of amides is 1. The molecule has 2 aliphatic rings. The maximum absolute atomic E-state index is 12.8. The second-order valence-electron chi connectivity index (χ2n) is 6.92. The van der Waals surface area contributed by atoms with Crippen LogP contribution in [-0.4, -0.2) is 33.1 Å². The molecule has 2 aromatic heterocycles. The summed E-state index contributed by atoms with van der Waals surface area (Å²) in [5.41, 5.74) is 1.87. The number of nitrogens with one attached hydrogen (secondary N) is 2. The Morgan fingerprint density at radius 1 is 1.33 bits per heavy atom. The van der Waals surface area contributed by atoms with Gasteiger partial charge in [-0.25, -0.2) is 4.98 Å². The summed E-state index contributed by atoms with van der Waals surface area (Å²) >= 11 is 0. The molecule has 0 saturated carbocycles. The number of piperidine rings is 1. The number of halogens is 2. The predicted octanol–water partition coefficient (Wildman–Crippen LogP) is 1.54. The molecule has 2 bridgehead atoms. The summed E-state index contributed by atoms with van der Waals surface area (Å²) in [7, 11) is 0. The Morgan fingerprint density at radius 2 is 2.15 bits per heavy atom. The quantitative estimate of drug-likeness (QED) is 0.796. The van der Waals surface area contributed by atoms with Gasteiger partial charge in [-0.1, -0.05) is 0 Å². The fraction of sp³-hybridized carbons (Fsp3) is 0.500. The third-order valence-electron chi connectivity index (χ3n) is 5.24. The number of hydrogen-bond donors (Lipinski definition) is 2. The minimum Gasteiger partial charge on any atom is -0.346 e. The summed E-state index contributed by atoms with van der Waals surface area (Å²) in [5, 5.41) is 6.24. The van der Waals surface area contributed by atoms with Crippen molar-refractivity contribution in [3.8, 4) is 0 Å². The van der Waals surface area contributed by atoms with Crippen molar-refractivity contribution in [2.75, 3.05) is 13.1 Å². The number of hydrogen-bond acceptors (Lipinski definition) is 4. The van der Waals surface area contributed by atoms with Crippen molar-refractivity contribution in [2.24, 2.45) is 5.92 Å². The van der Waals surface area contributed by atoms with Crippen LogP contribution in [0.2, 0.25) is 0 Å². The number of imidazole rings is 1. The SMILES string of the molecule is CCn1cnc(CNC(=O)c2ccc3n(c2=O)C[C@@H]2CNC[C@H]3C2)c1.Cl.Cl. The molecule has 4 heterocycles. The molecule has 0 spiro atoms. The fourth-order valence-electron chi connectivity index (χ4n) is 3.90. The van der Waals surface area contributed by atoms with Gasteiger partial charge in [0.05, 0.1) is 18.6 Å². The van der Waals surface area contributed by atoms with Crippen LogP contribution < -0.4 is 16.2 Å². The summed E-state index contributed by atoms with van der Waals surface area (Å²) in [4.78, 5) is 29.5. The molecule has 2 atom stereocenters. The van der Waals surface area contributed by atoms with Gasteiger partial charge in [-0.2, -0.15) is 0 Å². The highest BCUT2D eigenvalue weighted by atomic mass is 35.5. The van der Waals surface area contributed by atoms with E-state index in [1.165, 1.54) is 0 Å². The van der Waals surface area contributed by atoms with Gasteiger partial charge in [-0.3, -0.25) is 9.59 Å². The molecule has 0 aromatic carbocycles. The van der Waals surface area contributed by atoms with Crippen LogP contribution in [0.1, 0.15) is 41.0 Å². The standard InChI is InChI=1S/C18H23N5O2.2ClH/c1-2-22-10-14(21-11-22)8-20-17(24)15-3-4-16-13-5-12(6-19-7-13)9-23(16)18(15)25;;/h3-4,10-13,19H,2,5-9H2,1H3,(H,20,24);2*1H/t12-,13+;;/m0../s1. The summed E-state index contributed by atoms with van der Waals surface area (Å²) in [6.45, 7) is 5.73. The van der Waals surface area contributed by atoms with E-state index >= 15 is 0 Å². The molecular formula is C18H25Cl2N5O2. The van der Waals surface area contributed by atoms with Crippen LogP contribution in [0.25, 0.3) is 0 Å². The molecule has 0 aliphatic carbocycles. The van der Waals surface area contributed by atoms with Crippen molar-refractivity contribution < 1.29 is 4.79 Å². The van der Waals surface area contributed by atoms with Gasteiger partial charge in [0.2, 0.25) is 0 Å². The first-order valence-electron chi connectivity index (χ1n) is 8.89. The zero-order valence-electron chi connectivity index (χ0n) is 15.2. The zero-order chi connectivity index (χ0) is 17.4. The largest absolute Gasteiger partial charge is 0.346 e. The number of pyridine rings is 1. The zero-order valence-corrected chi connectivity index (χ0v) is 16.8. The number of aromatic nitrogens is 3. The first kappa shape index (κ1) is 21.5.